The molecule has 1 aromatic carbocycles. The van der Waals surface area contributed by atoms with E-state index in [1.807, 2.05) is 29.6 Å². The minimum atomic E-state index is -0.362. The second-order valence-electron chi connectivity index (χ2n) is 3.66. The molecule has 2 aromatic heterocycles. The number of hydrogen-bond donors (Lipinski definition) is 0. The fourth-order valence-corrected chi connectivity index (χ4v) is 2.20. The number of carbonyl (C=O) groups is 1. The van der Waals surface area contributed by atoms with E-state index in [0.717, 1.165) is 5.52 Å². The standard InChI is InChI=1S/C13H9NO3S/c15-13(9-5-6-18-8-9)16-7-12-14-10-3-1-2-4-11(10)17-12/h1-6,8H,7H2. The van der Waals surface area contributed by atoms with Crippen LogP contribution < -0.4 is 0 Å². The maximum Gasteiger partial charge on any atom is 0.339 e. The van der Waals surface area contributed by atoms with Gasteiger partial charge in [0.1, 0.15) is 5.52 Å². The third-order valence-electron chi connectivity index (χ3n) is 2.42. The summed E-state index contributed by atoms with van der Waals surface area (Å²) in [5, 5.41) is 3.57. The van der Waals surface area contributed by atoms with E-state index in [-0.39, 0.29) is 12.6 Å². The largest absolute Gasteiger partial charge is 0.452 e. The van der Waals surface area contributed by atoms with Gasteiger partial charge in [-0.15, -0.1) is 0 Å². The number of aromatic nitrogens is 1. The van der Waals surface area contributed by atoms with Crippen LogP contribution in [-0.2, 0) is 11.3 Å². The monoisotopic (exact) mass is 259 g/mol. The molecule has 2 heterocycles. The number of fused-ring (bicyclic) bond motifs is 1. The average Bonchev–Trinajstić information content (AvgIpc) is 3.04. The van der Waals surface area contributed by atoms with Crippen LogP contribution in [0.1, 0.15) is 16.2 Å². The summed E-state index contributed by atoms with van der Waals surface area (Å²) >= 11 is 1.45. The van der Waals surface area contributed by atoms with Gasteiger partial charge >= 0.3 is 5.97 Å². The van der Waals surface area contributed by atoms with Crippen molar-refractivity contribution in [2.45, 2.75) is 6.61 Å². The van der Waals surface area contributed by atoms with E-state index in [1.54, 1.807) is 11.4 Å². The number of ether oxygens (including phenoxy) is 1. The SMILES string of the molecule is O=C(OCc1nc2ccccc2o1)c1ccsc1. The molecule has 0 atom stereocenters. The van der Waals surface area contributed by atoms with Gasteiger partial charge in [0, 0.05) is 5.38 Å². The van der Waals surface area contributed by atoms with Crippen molar-refractivity contribution in [1.29, 1.82) is 0 Å². The first-order valence-electron chi connectivity index (χ1n) is 5.37. The van der Waals surface area contributed by atoms with Gasteiger partial charge in [-0.3, -0.25) is 0 Å². The van der Waals surface area contributed by atoms with Crippen molar-refractivity contribution < 1.29 is 13.9 Å². The van der Waals surface area contributed by atoms with Crippen LogP contribution in [0.25, 0.3) is 11.1 Å². The highest BCUT2D eigenvalue weighted by atomic mass is 32.1. The third kappa shape index (κ3) is 2.12. The third-order valence-corrected chi connectivity index (χ3v) is 3.11. The highest BCUT2D eigenvalue weighted by Gasteiger charge is 2.10. The quantitative estimate of drug-likeness (QED) is 0.677. The summed E-state index contributed by atoms with van der Waals surface area (Å²) < 4.78 is 10.6. The Balaban J connectivity index is 1.71. The molecule has 3 aromatic rings. The Morgan fingerprint density at radius 2 is 2.22 bits per heavy atom. The molecular weight excluding hydrogens is 250 g/mol. The first-order chi connectivity index (χ1) is 8.83. The molecule has 0 amide bonds. The van der Waals surface area contributed by atoms with Crippen LogP contribution in [0, 0.1) is 0 Å². The Kier molecular flexibility index (Phi) is 2.82. The fraction of sp³-hybridized carbons (Fsp3) is 0.0769. The number of thiophene rings is 1. The van der Waals surface area contributed by atoms with Gasteiger partial charge in [-0.2, -0.15) is 11.3 Å². The van der Waals surface area contributed by atoms with E-state index in [1.165, 1.54) is 11.3 Å². The second kappa shape index (κ2) is 4.62. The number of esters is 1. The molecule has 0 fully saturated rings. The van der Waals surface area contributed by atoms with E-state index in [4.69, 9.17) is 9.15 Å². The molecule has 0 aliphatic rings. The predicted octanol–water partition coefficient (Wildman–Crippen LogP) is 3.25. The van der Waals surface area contributed by atoms with Crippen LogP contribution in [-0.4, -0.2) is 11.0 Å². The van der Waals surface area contributed by atoms with Crippen LogP contribution in [0.3, 0.4) is 0 Å². The van der Waals surface area contributed by atoms with Crippen molar-refractivity contribution in [1.82, 2.24) is 4.98 Å². The van der Waals surface area contributed by atoms with Gasteiger partial charge < -0.3 is 9.15 Å². The number of oxazole rings is 1. The van der Waals surface area contributed by atoms with Crippen molar-refractivity contribution in [3.8, 4) is 0 Å². The molecule has 0 aliphatic carbocycles. The lowest BCUT2D eigenvalue weighted by Gasteiger charge is -1.98. The Morgan fingerprint density at radius 1 is 1.33 bits per heavy atom. The summed E-state index contributed by atoms with van der Waals surface area (Å²) in [6.07, 6.45) is 0. The number of benzene rings is 1. The summed E-state index contributed by atoms with van der Waals surface area (Å²) in [6, 6.07) is 9.15. The molecule has 90 valence electrons. The highest BCUT2D eigenvalue weighted by Crippen LogP contribution is 2.16. The minimum Gasteiger partial charge on any atom is -0.452 e. The zero-order chi connectivity index (χ0) is 12.4. The molecule has 5 heteroatoms. The summed E-state index contributed by atoms with van der Waals surface area (Å²) in [7, 11) is 0. The number of nitrogens with zero attached hydrogens (tertiary/aromatic N) is 1. The Bertz CT molecular complexity index is 639. The minimum absolute atomic E-state index is 0.0450. The normalized spacial score (nSPS) is 10.7. The predicted molar refractivity (Wildman–Crippen MR) is 67.4 cm³/mol. The molecule has 0 saturated heterocycles. The van der Waals surface area contributed by atoms with Crippen LogP contribution in [0.15, 0.2) is 45.5 Å². The topological polar surface area (TPSA) is 52.3 Å². The summed E-state index contributed by atoms with van der Waals surface area (Å²) in [4.78, 5) is 15.8. The van der Waals surface area contributed by atoms with Crippen molar-refractivity contribution in [2.75, 3.05) is 0 Å². The van der Waals surface area contributed by atoms with Crippen molar-refractivity contribution >= 4 is 28.4 Å². The van der Waals surface area contributed by atoms with Gasteiger partial charge in [0.15, 0.2) is 12.2 Å². The molecule has 18 heavy (non-hydrogen) atoms. The van der Waals surface area contributed by atoms with Crippen LogP contribution in [0.2, 0.25) is 0 Å². The highest BCUT2D eigenvalue weighted by molar-refractivity contribution is 7.08. The van der Waals surface area contributed by atoms with E-state index >= 15 is 0 Å². The summed E-state index contributed by atoms with van der Waals surface area (Å²) in [6.45, 7) is 0.0450. The van der Waals surface area contributed by atoms with E-state index in [2.05, 4.69) is 4.98 Å². The molecule has 0 saturated carbocycles. The van der Waals surface area contributed by atoms with E-state index < -0.39 is 0 Å². The zero-order valence-electron chi connectivity index (χ0n) is 9.33. The Hall–Kier alpha value is -2.14. The molecule has 0 spiro atoms. The lowest BCUT2D eigenvalue weighted by Crippen LogP contribution is -2.03. The molecule has 0 aliphatic heterocycles. The van der Waals surface area contributed by atoms with Gasteiger partial charge in [0.25, 0.3) is 0 Å². The lowest BCUT2D eigenvalue weighted by atomic mass is 10.3. The molecule has 0 N–H and O–H groups in total. The lowest BCUT2D eigenvalue weighted by molar-refractivity contribution is 0.0441. The molecule has 0 bridgehead atoms. The van der Waals surface area contributed by atoms with Gasteiger partial charge in [0.2, 0.25) is 5.89 Å². The Labute approximate surface area is 107 Å². The average molecular weight is 259 g/mol. The maximum atomic E-state index is 11.6. The zero-order valence-corrected chi connectivity index (χ0v) is 10.1. The van der Waals surface area contributed by atoms with Crippen molar-refractivity contribution in [2.24, 2.45) is 0 Å². The molecular formula is C13H9NO3S. The molecule has 3 rings (SSSR count). The maximum absolute atomic E-state index is 11.6. The molecule has 4 nitrogen and oxygen atoms in total. The van der Waals surface area contributed by atoms with Gasteiger partial charge in [-0.25, -0.2) is 9.78 Å². The van der Waals surface area contributed by atoms with Gasteiger partial charge in [-0.05, 0) is 23.6 Å². The Morgan fingerprint density at radius 3 is 3.00 bits per heavy atom. The fourth-order valence-electron chi connectivity index (χ4n) is 1.57. The second-order valence-corrected chi connectivity index (χ2v) is 4.44. The van der Waals surface area contributed by atoms with Gasteiger partial charge in [0.05, 0.1) is 5.56 Å². The van der Waals surface area contributed by atoms with Crippen molar-refractivity contribution in [3.63, 3.8) is 0 Å². The number of hydrogen-bond acceptors (Lipinski definition) is 5. The van der Waals surface area contributed by atoms with Crippen LogP contribution >= 0.6 is 11.3 Å². The number of para-hydroxylation sites is 2. The van der Waals surface area contributed by atoms with Gasteiger partial charge in [-0.1, -0.05) is 12.1 Å². The molecule has 0 radical (unpaired) electrons. The first kappa shape index (κ1) is 11.0. The summed E-state index contributed by atoms with van der Waals surface area (Å²) in [5.41, 5.74) is 2.01. The number of carbonyl (C=O) groups excluding carboxylic acids is 1. The smallest absolute Gasteiger partial charge is 0.339 e. The summed E-state index contributed by atoms with van der Waals surface area (Å²) in [5.74, 6) is 0.0401. The first-order valence-corrected chi connectivity index (χ1v) is 6.31. The van der Waals surface area contributed by atoms with Crippen LogP contribution in [0.4, 0.5) is 0 Å². The number of rotatable bonds is 3. The van der Waals surface area contributed by atoms with Crippen LogP contribution in [0.5, 0.6) is 0 Å². The van der Waals surface area contributed by atoms with E-state index in [9.17, 15) is 4.79 Å². The van der Waals surface area contributed by atoms with Crippen molar-refractivity contribution in [3.05, 3.63) is 52.5 Å². The van der Waals surface area contributed by atoms with E-state index in [0.29, 0.717) is 17.0 Å². The molecule has 0 unspecified atom stereocenters.